The van der Waals surface area contributed by atoms with E-state index in [1.807, 2.05) is 6.92 Å². The van der Waals surface area contributed by atoms with E-state index in [0.29, 0.717) is 12.3 Å². The van der Waals surface area contributed by atoms with Crippen LogP contribution in [0.15, 0.2) is 36.4 Å². The van der Waals surface area contributed by atoms with Crippen molar-refractivity contribution in [3.63, 3.8) is 0 Å². The minimum Gasteiger partial charge on any atom is -0.293 e. The second-order valence-corrected chi connectivity index (χ2v) is 4.44. The highest BCUT2D eigenvalue weighted by Crippen LogP contribution is 2.19. The van der Waals surface area contributed by atoms with Gasteiger partial charge in [0.1, 0.15) is 0 Å². The van der Waals surface area contributed by atoms with E-state index in [4.69, 9.17) is 4.89 Å². The first-order valence-corrected chi connectivity index (χ1v) is 6.63. The van der Waals surface area contributed by atoms with Crippen LogP contribution < -0.4 is 4.90 Å². The molecule has 1 aromatic carbocycles. The van der Waals surface area contributed by atoms with Gasteiger partial charge in [0.25, 0.3) is 11.8 Å². The molecule has 2 amide bonds. The smallest absolute Gasteiger partial charge is 0.293 e. The van der Waals surface area contributed by atoms with Crippen molar-refractivity contribution in [1.29, 1.82) is 0 Å². The van der Waals surface area contributed by atoms with Crippen molar-refractivity contribution in [3.05, 3.63) is 42.0 Å². The Labute approximate surface area is 121 Å². The molecule has 0 saturated heterocycles. The summed E-state index contributed by atoms with van der Waals surface area (Å²) in [6.45, 7) is 2.35. The van der Waals surface area contributed by atoms with Crippen LogP contribution in [0.4, 0.5) is 5.69 Å². The fraction of sp³-hybridized carbons (Fsp3) is 0.267. The zero-order valence-corrected chi connectivity index (χ0v) is 11.6. The number of hydrogen-bond acceptors (Lipinski definition) is 5. The second-order valence-electron chi connectivity index (χ2n) is 4.44. The summed E-state index contributed by atoms with van der Waals surface area (Å²) in [5.41, 5.74) is 0.681. The van der Waals surface area contributed by atoms with Gasteiger partial charge in [-0.15, -0.1) is 0 Å². The number of carbonyl (C=O) groups is 3. The van der Waals surface area contributed by atoms with Gasteiger partial charge in [0.05, 0.1) is 17.9 Å². The number of amides is 2. The molecule has 0 radical (unpaired) electrons. The number of imide groups is 1. The first-order valence-electron chi connectivity index (χ1n) is 6.63. The predicted molar refractivity (Wildman–Crippen MR) is 74.4 cm³/mol. The van der Waals surface area contributed by atoms with Crippen LogP contribution >= 0.6 is 0 Å². The summed E-state index contributed by atoms with van der Waals surface area (Å²) in [7, 11) is 0. The molecule has 21 heavy (non-hydrogen) atoms. The average molecular weight is 289 g/mol. The normalized spacial score (nSPS) is 13.9. The highest BCUT2D eigenvalue weighted by Gasteiger charge is 2.25. The van der Waals surface area contributed by atoms with Crippen molar-refractivity contribution in [2.45, 2.75) is 19.8 Å². The molecule has 0 saturated carbocycles. The Bertz CT molecular complexity index is 558. The van der Waals surface area contributed by atoms with Gasteiger partial charge in [0, 0.05) is 12.2 Å². The number of rotatable bonds is 6. The van der Waals surface area contributed by atoms with Crippen LogP contribution in [-0.4, -0.2) is 24.4 Å². The Balaban J connectivity index is 1.97. The van der Waals surface area contributed by atoms with Crippen LogP contribution in [0.5, 0.6) is 0 Å². The van der Waals surface area contributed by atoms with Crippen LogP contribution in [0.2, 0.25) is 0 Å². The van der Waals surface area contributed by atoms with Gasteiger partial charge in [0.15, 0.2) is 0 Å². The van der Waals surface area contributed by atoms with Gasteiger partial charge in [0.2, 0.25) is 0 Å². The molecule has 0 aliphatic carbocycles. The number of benzene rings is 1. The average Bonchev–Trinajstić information content (AvgIpc) is 2.83. The Hall–Kier alpha value is -2.47. The predicted octanol–water partition coefficient (Wildman–Crippen LogP) is 2.00. The van der Waals surface area contributed by atoms with Crippen LogP contribution in [0.1, 0.15) is 30.1 Å². The van der Waals surface area contributed by atoms with Gasteiger partial charge >= 0.3 is 5.97 Å². The third-order valence-electron chi connectivity index (χ3n) is 2.89. The lowest BCUT2D eigenvalue weighted by Gasteiger charge is -2.13. The monoisotopic (exact) mass is 289 g/mol. The minimum atomic E-state index is -0.616. The van der Waals surface area contributed by atoms with Gasteiger partial charge in [-0.25, -0.2) is 9.69 Å². The molecule has 6 heteroatoms. The number of nitrogens with zero attached hydrogens (tertiary/aromatic N) is 1. The van der Waals surface area contributed by atoms with Crippen molar-refractivity contribution in [1.82, 2.24) is 0 Å². The number of carbonyl (C=O) groups excluding carboxylic acids is 3. The molecule has 6 nitrogen and oxygen atoms in total. The fourth-order valence-electron chi connectivity index (χ4n) is 1.75. The number of anilines is 1. The largest absolute Gasteiger partial charge is 0.373 e. The van der Waals surface area contributed by atoms with Crippen molar-refractivity contribution in [3.8, 4) is 0 Å². The summed E-state index contributed by atoms with van der Waals surface area (Å²) in [6.07, 6.45) is 4.15. The van der Waals surface area contributed by atoms with E-state index in [1.54, 1.807) is 0 Å². The summed E-state index contributed by atoms with van der Waals surface area (Å²) in [6, 6.07) is 5.95. The first-order chi connectivity index (χ1) is 10.1. The molecule has 1 aliphatic rings. The molecule has 1 aliphatic heterocycles. The maximum atomic E-state index is 11.7. The van der Waals surface area contributed by atoms with E-state index in [1.165, 1.54) is 36.4 Å². The van der Waals surface area contributed by atoms with Gasteiger partial charge in [-0.1, -0.05) is 13.3 Å². The van der Waals surface area contributed by atoms with Gasteiger partial charge < -0.3 is 0 Å². The first kappa shape index (κ1) is 14.9. The quantitative estimate of drug-likeness (QED) is 0.346. The van der Waals surface area contributed by atoms with Crippen molar-refractivity contribution < 1.29 is 24.2 Å². The topological polar surface area (TPSA) is 72.9 Å². The lowest BCUT2D eigenvalue weighted by Crippen LogP contribution is -2.29. The fourth-order valence-corrected chi connectivity index (χ4v) is 1.75. The highest BCUT2D eigenvalue weighted by molar-refractivity contribution is 6.28. The maximum absolute atomic E-state index is 11.7. The third-order valence-corrected chi connectivity index (χ3v) is 2.89. The van der Waals surface area contributed by atoms with Crippen LogP contribution in [0.3, 0.4) is 0 Å². The highest BCUT2D eigenvalue weighted by atomic mass is 17.2. The molecular formula is C15H15NO5. The molecule has 110 valence electrons. The zero-order valence-electron chi connectivity index (χ0n) is 11.6. The van der Waals surface area contributed by atoms with Gasteiger partial charge in [-0.05, 0) is 30.7 Å². The standard InChI is InChI=1S/C15H15NO5/c1-2-3-10-20-21-15(19)11-4-6-12(7-5-11)16-13(17)8-9-14(16)18/h4-9H,2-3,10H2,1H3. The molecule has 1 heterocycles. The van der Waals surface area contributed by atoms with Crippen molar-refractivity contribution in [2.75, 3.05) is 11.5 Å². The summed E-state index contributed by atoms with van der Waals surface area (Å²) >= 11 is 0. The Kier molecular flexibility index (Phi) is 4.84. The molecule has 0 aromatic heterocycles. The SMILES string of the molecule is CCCCOOC(=O)c1ccc(N2C(=O)C=CC2=O)cc1. The molecule has 2 rings (SSSR count). The third kappa shape index (κ3) is 3.55. The molecule has 0 N–H and O–H groups in total. The van der Waals surface area contributed by atoms with E-state index in [2.05, 4.69) is 4.89 Å². The van der Waals surface area contributed by atoms with E-state index in [0.717, 1.165) is 17.7 Å². The molecular weight excluding hydrogens is 274 g/mol. The van der Waals surface area contributed by atoms with Crippen LogP contribution in [-0.2, 0) is 19.4 Å². The van der Waals surface area contributed by atoms with Crippen molar-refractivity contribution >= 4 is 23.5 Å². The lowest BCUT2D eigenvalue weighted by atomic mass is 10.2. The maximum Gasteiger partial charge on any atom is 0.373 e. The van der Waals surface area contributed by atoms with Crippen LogP contribution in [0, 0.1) is 0 Å². The molecule has 1 aromatic rings. The van der Waals surface area contributed by atoms with E-state index < -0.39 is 17.8 Å². The Morgan fingerprint density at radius 3 is 2.29 bits per heavy atom. The van der Waals surface area contributed by atoms with Gasteiger partial charge in [-0.3, -0.25) is 14.5 Å². The summed E-state index contributed by atoms with van der Waals surface area (Å²) in [5.74, 6) is -1.42. The van der Waals surface area contributed by atoms with Crippen molar-refractivity contribution in [2.24, 2.45) is 0 Å². The molecule has 0 unspecified atom stereocenters. The van der Waals surface area contributed by atoms with E-state index in [9.17, 15) is 14.4 Å². The molecule has 0 spiro atoms. The minimum absolute atomic E-state index is 0.280. The molecule has 0 fully saturated rings. The Morgan fingerprint density at radius 2 is 1.71 bits per heavy atom. The second kappa shape index (κ2) is 6.81. The molecule has 0 bridgehead atoms. The van der Waals surface area contributed by atoms with Crippen LogP contribution in [0.25, 0.3) is 0 Å². The number of hydrogen-bond donors (Lipinski definition) is 0. The molecule has 0 atom stereocenters. The van der Waals surface area contributed by atoms with E-state index >= 15 is 0 Å². The zero-order chi connectivity index (χ0) is 15.2. The lowest BCUT2D eigenvalue weighted by molar-refractivity contribution is -0.241. The van der Waals surface area contributed by atoms with Gasteiger partial charge in [-0.2, -0.15) is 4.89 Å². The number of unbranched alkanes of at least 4 members (excludes halogenated alkanes) is 1. The Morgan fingerprint density at radius 1 is 1.10 bits per heavy atom. The summed E-state index contributed by atoms with van der Waals surface area (Å²) in [4.78, 5) is 45.1. The summed E-state index contributed by atoms with van der Waals surface area (Å²) < 4.78 is 0. The van der Waals surface area contributed by atoms with E-state index in [-0.39, 0.29) is 5.56 Å². The summed E-state index contributed by atoms with van der Waals surface area (Å²) in [5, 5.41) is 0.